The summed E-state index contributed by atoms with van der Waals surface area (Å²) in [6, 6.07) is 5.09. The molecule has 1 nitrogen and oxygen atoms in total. The quantitative estimate of drug-likeness (QED) is 0.680. The molecule has 0 radical (unpaired) electrons. The van der Waals surface area contributed by atoms with Crippen LogP contribution in [-0.4, -0.2) is 5.11 Å². The van der Waals surface area contributed by atoms with E-state index in [1.165, 1.54) is 0 Å². The number of hydrogen-bond acceptors (Lipinski definition) is 1. The van der Waals surface area contributed by atoms with Gasteiger partial charge in [0, 0.05) is 0 Å². The smallest absolute Gasteiger partial charge is 0.116 e. The van der Waals surface area contributed by atoms with Crippen LogP contribution in [-0.2, 0) is 0 Å². The third-order valence-corrected chi connectivity index (χ3v) is 1.51. The van der Waals surface area contributed by atoms with Gasteiger partial charge in [-0.3, -0.25) is 0 Å². The van der Waals surface area contributed by atoms with Crippen LogP contribution in [0.5, 0.6) is 5.75 Å². The van der Waals surface area contributed by atoms with Gasteiger partial charge >= 0.3 is 0 Å². The van der Waals surface area contributed by atoms with Crippen molar-refractivity contribution in [2.45, 2.75) is 0 Å². The van der Waals surface area contributed by atoms with E-state index in [1.54, 1.807) is 30.4 Å². The number of phenolic OH excluding ortho intramolecular Hbond substituents is 1. The molecule has 1 rings (SSSR count). The average molecular weight is 146 g/mol. The van der Waals surface area contributed by atoms with Crippen LogP contribution in [0.3, 0.4) is 0 Å². The summed E-state index contributed by atoms with van der Waals surface area (Å²) in [5.74, 6) is 0.255. The molecule has 0 aliphatic rings. The Morgan fingerprint density at radius 1 is 1.09 bits per heavy atom. The highest BCUT2D eigenvalue weighted by Crippen LogP contribution is 2.18. The molecular formula is C10H10O. The lowest BCUT2D eigenvalue weighted by Crippen LogP contribution is -1.78. The van der Waals surface area contributed by atoms with Gasteiger partial charge in [0.2, 0.25) is 0 Å². The van der Waals surface area contributed by atoms with E-state index in [1.807, 2.05) is 0 Å². The zero-order valence-corrected chi connectivity index (χ0v) is 6.25. The lowest BCUT2D eigenvalue weighted by atomic mass is 10.1. The van der Waals surface area contributed by atoms with Gasteiger partial charge in [0.25, 0.3) is 0 Å². The van der Waals surface area contributed by atoms with Crippen molar-refractivity contribution >= 4 is 12.2 Å². The third-order valence-electron chi connectivity index (χ3n) is 1.51. The summed E-state index contributed by atoms with van der Waals surface area (Å²) < 4.78 is 0. The van der Waals surface area contributed by atoms with E-state index in [2.05, 4.69) is 13.2 Å². The van der Waals surface area contributed by atoms with Gasteiger partial charge in [-0.2, -0.15) is 0 Å². The summed E-state index contributed by atoms with van der Waals surface area (Å²) in [4.78, 5) is 0. The molecule has 0 unspecified atom stereocenters. The van der Waals surface area contributed by atoms with Crippen LogP contribution in [0.1, 0.15) is 11.1 Å². The monoisotopic (exact) mass is 146 g/mol. The molecule has 0 saturated carbocycles. The second-order valence-corrected chi connectivity index (χ2v) is 2.22. The molecule has 0 amide bonds. The maximum atomic E-state index is 9.08. The molecule has 1 aromatic carbocycles. The summed E-state index contributed by atoms with van der Waals surface area (Å²) in [5.41, 5.74) is 1.89. The van der Waals surface area contributed by atoms with E-state index in [0.29, 0.717) is 0 Å². The molecule has 0 heterocycles. The molecule has 0 saturated heterocycles. The van der Waals surface area contributed by atoms with E-state index in [-0.39, 0.29) is 5.75 Å². The lowest BCUT2D eigenvalue weighted by molar-refractivity contribution is 0.475. The molecule has 11 heavy (non-hydrogen) atoms. The van der Waals surface area contributed by atoms with E-state index < -0.39 is 0 Å². The number of hydrogen-bond donors (Lipinski definition) is 1. The van der Waals surface area contributed by atoms with Crippen LogP contribution in [0.2, 0.25) is 0 Å². The summed E-state index contributed by atoms with van der Waals surface area (Å²) in [7, 11) is 0. The summed E-state index contributed by atoms with van der Waals surface area (Å²) in [6.07, 6.45) is 3.42. The summed E-state index contributed by atoms with van der Waals surface area (Å²) in [6.45, 7) is 7.26. The van der Waals surface area contributed by atoms with Crippen LogP contribution >= 0.6 is 0 Å². The zero-order valence-electron chi connectivity index (χ0n) is 6.25. The maximum Gasteiger partial charge on any atom is 0.116 e. The molecule has 0 spiro atoms. The van der Waals surface area contributed by atoms with Crippen molar-refractivity contribution in [2.24, 2.45) is 0 Å². The molecule has 56 valence electrons. The Morgan fingerprint density at radius 2 is 1.73 bits per heavy atom. The zero-order chi connectivity index (χ0) is 8.27. The van der Waals surface area contributed by atoms with Crippen molar-refractivity contribution in [1.82, 2.24) is 0 Å². The molecule has 0 aliphatic carbocycles. The van der Waals surface area contributed by atoms with Crippen LogP contribution in [0.25, 0.3) is 12.2 Å². The molecular weight excluding hydrogens is 136 g/mol. The Balaban J connectivity index is 3.26. The van der Waals surface area contributed by atoms with Gasteiger partial charge in [0.15, 0.2) is 0 Å². The van der Waals surface area contributed by atoms with Crippen molar-refractivity contribution in [3.05, 3.63) is 42.5 Å². The Bertz CT molecular complexity index is 287. The highest BCUT2D eigenvalue weighted by Gasteiger charge is 1.95. The van der Waals surface area contributed by atoms with E-state index in [4.69, 9.17) is 5.11 Å². The fourth-order valence-corrected chi connectivity index (χ4v) is 0.925. The minimum Gasteiger partial charge on any atom is -0.508 e. The largest absolute Gasteiger partial charge is 0.508 e. The van der Waals surface area contributed by atoms with Gasteiger partial charge in [0.1, 0.15) is 5.75 Å². The Morgan fingerprint density at radius 3 is 2.27 bits per heavy atom. The SMILES string of the molecule is C=Cc1ccc(O)cc1C=C. The van der Waals surface area contributed by atoms with Crippen molar-refractivity contribution in [1.29, 1.82) is 0 Å². The third kappa shape index (κ3) is 1.49. The molecule has 0 bridgehead atoms. The van der Waals surface area contributed by atoms with Crippen LogP contribution in [0.4, 0.5) is 0 Å². The topological polar surface area (TPSA) is 20.2 Å². The molecule has 0 aromatic heterocycles. The van der Waals surface area contributed by atoms with Crippen LogP contribution in [0.15, 0.2) is 31.4 Å². The first-order chi connectivity index (χ1) is 5.27. The highest BCUT2D eigenvalue weighted by atomic mass is 16.3. The summed E-state index contributed by atoms with van der Waals surface area (Å²) >= 11 is 0. The Kier molecular flexibility index (Phi) is 2.12. The number of rotatable bonds is 2. The van der Waals surface area contributed by atoms with E-state index >= 15 is 0 Å². The van der Waals surface area contributed by atoms with Crippen LogP contribution in [0, 0.1) is 0 Å². The van der Waals surface area contributed by atoms with Crippen molar-refractivity contribution in [2.75, 3.05) is 0 Å². The second kappa shape index (κ2) is 3.06. The molecule has 1 heteroatoms. The van der Waals surface area contributed by atoms with Gasteiger partial charge in [0.05, 0.1) is 0 Å². The minimum atomic E-state index is 0.255. The van der Waals surface area contributed by atoms with Crippen LogP contribution < -0.4 is 0 Å². The normalized spacial score (nSPS) is 9.09. The first-order valence-corrected chi connectivity index (χ1v) is 3.36. The fraction of sp³-hybridized carbons (Fsp3) is 0. The second-order valence-electron chi connectivity index (χ2n) is 2.22. The number of aromatic hydroxyl groups is 1. The molecule has 0 atom stereocenters. The predicted octanol–water partition coefficient (Wildman–Crippen LogP) is 2.68. The standard InChI is InChI=1S/C10H10O/c1-3-8-5-6-10(11)7-9(8)4-2/h3-7,11H,1-2H2. The Hall–Kier alpha value is -1.50. The minimum absolute atomic E-state index is 0.255. The van der Waals surface area contributed by atoms with Gasteiger partial charge in [-0.15, -0.1) is 0 Å². The van der Waals surface area contributed by atoms with Gasteiger partial charge < -0.3 is 5.11 Å². The maximum absolute atomic E-state index is 9.08. The molecule has 1 N–H and O–H groups in total. The van der Waals surface area contributed by atoms with E-state index in [0.717, 1.165) is 11.1 Å². The van der Waals surface area contributed by atoms with Gasteiger partial charge in [-0.25, -0.2) is 0 Å². The molecule has 1 aromatic rings. The summed E-state index contributed by atoms with van der Waals surface area (Å²) in [5, 5.41) is 9.08. The van der Waals surface area contributed by atoms with E-state index in [9.17, 15) is 0 Å². The molecule has 0 fully saturated rings. The van der Waals surface area contributed by atoms with Gasteiger partial charge in [-0.05, 0) is 23.3 Å². The number of phenols is 1. The fourth-order valence-electron chi connectivity index (χ4n) is 0.925. The Labute approximate surface area is 66.3 Å². The lowest BCUT2D eigenvalue weighted by Gasteiger charge is -1.99. The highest BCUT2D eigenvalue weighted by molar-refractivity contribution is 5.64. The first-order valence-electron chi connectivity index (χ1n) is 3.36. The van der Waals surface area contributed by atoms with Crippen molar-refractivity contribution < 1.29 is 5.11 Å². The van der Waals surface area contributed by atoms with Crippen molar-refractivity contribution in [3.63, 3.8) is 0 Å². The van der Waals surface area contributed by atoms with Crippen molar-refractivity contribution in [3.8, 4) is 5.75 Å². The average Bonchev–Trinajstić information content (AvgIpc) is 2.04. The number of benzene rings is 1. The molecule has 0 aliphatic heterocycles. The first kappa shape index (κ1) is 7.61. The predicted molar refractivity (Wildman–Crippen MR) is 48.3 cm³/mol. The van der Waals surface area contributed by atoms with Gasteiger partial charge in [-0.1, -0.05) is 31.4 Å².